The minimum atomic E-state index is -0.237. The molecule has 1 saturated heterocycles. The Balaban J connectivity index is 1.61. The minimum Gasteiger partial charge on any atom is -0.463 e. The van der Waals surface area contributed by atoms with E-state index < -0.39 is 0 Å². The highest BCUT2D eigenvalue weighted by atomic mass is 16.5. The third-order valence-corrected chi connectivity index (χ3v) is 3.98. The Kier molecular flexibility index (Phi) is 4.83. The van der Waals surface area contributed by atoms with Gasteiger partial charge in [-0.05, 0) is 25.0 Å². The summed E-state index contributed by atoms with van der Waals surface area (Å²) in [7, 11) is 1.53. The van der Waals surface area contributed by atoms with Crippen molar-refractivity contribution in [1.82, 2.24) is 24.6 Å². The molecule has 1 atom stereocenters. The zero-order valence-electron chi connectivity index (χ0n) is 13.5. The van der Waals surface area contributed by atoms with Crippen LogP contribution in [0.15, 0.2) is 35.4 Å². The first-order chi connectivity index (χ1) is 11.6. The number of nitrogens with zero attached hydrogens (tertiary/aromatic N) is 5. The largest absolute Gasteiger partial charge is 0.463 e. The molecule has 126 valence electrons. The lowest BCUT2D eigenvalue weighted by molar-refractivity contribution is 0.0620. The topological polar surface area (TPSA) is 90.2 Å². The molecule has 8 nitrogen and oxygen atoms in total. The molecule has 1 fully saturated rings. The molecule has 2 aromatic heterocycles. The molecule has 0 radical (unpaired) electrons. The number of aromatic nitrogens is 4. The molecular weight excluding hydrogens is 310 g/mol. The van der Waals surface area contributed by atoms with Gasteiger partial charge in [0.05, 0.1) is 6.61 Å². The van der Waals surface area contributed by atoms with Gasteiger partial charge in [-0.2, -0.15) is 5.10 Å². The minimum absolute atomic E-state index is 0.161. The highest BCUT2D eigenvalue weighted by Crippen LogP contribution is 2.18. The molecule has 1 aliphatic heterocycles. The van der Waals surface area contributed by atoms with Crippen molar-refractivity contribution in [3.63, 3.8) is 0 Å². The van der Waals surface area contributed by atoms with Crippen LogP contribution in [0.2, 0.25) is 0 Å². The molecule has 0 aromatic carbocycles. The van der Waals surface area contributed by atoms with E-state index in [1.807, 2.05) is 0 Å². The number of hydrogen-bond donors (Lipinski definition) is 0. The van der Waals surface area contributed by atoms with Crippen LogP contribution >= 0.6 is 0 Å². The second kappa shape index (κ2) is 7.20. The monoisotopic (exact) mass is 329 g/mol. The lowest BCUT2D eigenvalue weighted by Crippen LogP contribution is -2.42. The number of piperidine rings is 1. The van der Waals surface area contributed by atoms with E-state index in [9.17, 15) is 9.59 Å². The van der Waals surface area contributed by atoms with Crippen LogP contribution in [0.25, 0.3) is 0 Å². The number of rotatable bonds is 4. The van der Waals surface area contributed by atoms with Gasteiger partial charge in [0, 0.05) is 44.5 Å². The molecule has 1 unspecified atom stereocenters. The molecule has 3 rings (SSSR count). The highest BCUT2D eigenvalue weighted by Gasteiger charge is 2.26. The third-order valence-electron chi connectivity index (χ3n) is 3.98. The molecule has 0 aliphatic carbocycles. The number of ether oxygens (including phenoxy) is 1. The highest BCUT2D eigenvalue weighted by molar-refractivity contribution is 5.92. The molecule has 24 heavy (non-hydrogen) atoms. The van der Waals surface area contributed by atoms with Crippen molar-refractivity contribution < 1.29 is 9.53 Å². The molecule has 0 saturated carbocycles. The van der Waals surface area contributed by atoms with Crippen LogP contribution < -0.4 is 10.3 Å². The summed E-state index contributed by atoms with van der Waals surface area (Å²) >= 11 is 0. The molecule has 1 aliphatic rings. The fourth-order valence-corrected chi connectivity index (χ4v) is 2.72. The Labute approximate surface area is 139 Å². The Morgan fingerprint density at radius 2 is 2.12 bits per heavy atom. The summed E-state index contributed by atoms with van der Waals surface area (Å²) in [6, 6.07) is 4.91. The van der Waals surface area contributed by atoms with Crippen LogP contribution in [0.1, 0.15) is 23.3 Å². The van der Waals surface area contributed by atoms with E-state index in [-0.39, 0.29) is 23.1 Å². The first-order valence-electron chi connectivity index (χ1n) is 7.87. The van der Waals surface area contributed by atoms with Crippen LogP contribution in [0.3, 0.4) is 0 Å². The maximum Gasteiger partial charge on any atom is 0.316 e. The lowest BCUT2D eigenvalue weighted by Gasteiger charge is -2.32. The smallest absolute Gasteiger partial charge is 0.316 e. The van der Waals surface area contributed by atoms with E-state index in [4.69, 9.17) is 4.74 Å². The Morgan fingerprint density at radius 3 is 2.88 bits per heavy atom. The molecule has 3 heterocycles. The molecule has 8 heteroatoms. The van der Waals surface area contributed by atoms with Gasteiger partial charge in [0.15, 0.2) is 0 Å². The number of amides is 1. The Hall–Kier alpha value is -2.77. The van der Waals surface area contributed by atoms with E-state index in [1.165, 1.54) is 23.9 Å². The fourth-order valence-electron chi connectivity index (χ4n) is 2.72. The second-order valence-corrected chi connectivity index (χ2v) is 5.78. The summed E-state index contributed by atoms with van der Waals surface area (Å²) < 4.78 is 6.76. The normalized spacial score (nSPS) is 17.5. The van der Waals surface area contributed by atoms with Gasteiger partial charge in [-0.15, -0.1) is 0 Å². The fraction of sp³-hybridized carbons (Fsp3) is 0.438. The summed E-state index contributed by atoms with van der Waals surface area (Å²) in [6.07, 6.45) is 5.15. The standard InChI is InChI=1S/C16H19N5O3/c1-20-14(22)6-5-13(19-20)15(23)21-9-2-4-12(10-21)11-24-16-17-7-3-8-18-16/h3,5-8,12H,2,4,9-11H2,1H3. The van der Waals surface area contributed by atoms with Gasteiger partial charge in [0.2, 0.25) is 0 Å². The second-order valence-electron chi connectivity index (χ2n) is 5.78. The average Bonchev–Trinajstić information content (AvgIpc) is 2.63. The van der Waals surface area contributed by atoms with E-state index in [0.717, 1.165) is 12.8 Å². The van der Waals surface area contributed by atoms with Crippen LogP contribution in [0.4, 0.5) is 0 Å². The quantitative estimate of drug-likeness (QED) is 0.811. The summed E-state index contributed by atoms with van der Waals surface area (Å²) in [4.78, 5) is 33.8. The van der Waals surface area contributed by atoms with Crippen molar-refractivity contribution >= 4 is 5.91 Å². The van der Waals surface area contributed by atoms with Crippen molar-refractivity contribution in [2.45, 2.75) is 12.8 Å². The predicted octanol–water partition coefficient (Wildman–Crippen LogP) is 0.501. The molecule has 1 amide bonds. The van der Waals surface area contributed by atoms with Gasteiger partial charge < -0.3 is 9.64 Å². The molecule has 2 aromatic rings. The first-order valence-corrected chi connectivity index (χ1v) is 7.87. The van der Waals surface area contributed by atoms with Gasteiger partial charge >= 0.3 is 6.01 Å². The van der Waals surface area contributed by atoms with Crippen LogP contribution in [-0.2, 0) is 7.05 Å². The summed E-state index contributed by atoms with van der Waals surface area (Å²) in [5, 5.41) is 4.03. The zero-order valence-corrected chi connectivity index (χ0v) is 13.5. The number of carbonyl (C=O) groups is 1. The zero-order chi connectivity index (χ0) is 16.9. The first kappa shape index (κ1) is 16.1. The summed E-state index contributed by atoms with van der Waals surface area (Å²) in [6.45, 7) is 1.74. The van der Waals surface area contributed by atoms with E-state index in [1.54, 1.807) is 23.4 Å². The molecule has 0 bridgehead atoms. The van der Waals surface area contributed by atoms with Gasteiger partial charge in [0.25, 0.3) is 11.5 Å². The van der Waals surface area contributed by atoms with E-state index in [2.05, 4.69) is 15.1 Å². The van der Waals surface area contributed by atoms with Gasteiger partial charge in [-0.3, -0.25) is 9.59 Å². The third kappa shape index (κ3) is 3.76. The molecule has 0 spiro atoms. The van der Waals surface area contributed by atoms with Crippen LogP contribution in [0, 0.1) is 5.92 Å². The predicted molar refractivity (Wildman–Crippen MR) is 85.6 cm³/mol. The average molecular weight is 329 g/mol. The SMILES string of the molecule is Cn1nc(C(=O)N2CCCC(COc3ncccn3)C2)ccc1=O. The summed E-state index contributed by atoms with van der Waals surface area (Å²) in [5.41, 5.74) is 0.0457. The van der Waals surface area contributed by atoms with Crippen molar-refractivity contribution in [2.75, 3.05) is 19.7 Å². The summed E-state index contributed by atoms with van der Waals surface area (Å²) in [5.74, 6) is 0.0605. The van der Waals surface area contributed by atoms with Gasteiger partial charge in [-0.25, -0.2) is 14.6 Å². The van der Waals surface area contributed by atoms with Gasteiger partial charge in [0.1, 0.15) is 5.69 Å². The van der Waals surface area contributed by atoms with Crippen molar-refractivity contribution in [3.8, 4) is 6.01 Å². The number of carbonyl (C=O) groups excluding carboxylic acids is 1. The van der Waals surface area contributed by atoms with E-state index >= 15 is 0 Å². The van der Waals surface area contributed by atoms with Crippen molar-refractivity contribution in [1.29, 1.82) is 0 Å². The molecular formula is C16H19N5O3. The Morgan fingerprint density at radius 1 is 1.33 bits per heavy atom. The van der Waals surface area contributed by atoms with E-state index in [0.29, 0.717) is 25.7 Å². The Bertz CT molecular complexity index is 762. The van der Waals surface area contributed by atoms with Crippen LogP contribution in [0.5, 0.6) is 6.01 Å². The lowest BCUT2D eigenvalue weighted by atomic mass is 9.98. The molecule has 0 N–H and O–H groups in total. The maximum atomic E-state index is 12.6. The maximum absolute atomic E-state index is 12.6. The van der Waals surface area contributed by atoms with Crippen molar-refractivity contribution in [2.24, 2.45) is 13.0 Å². The number of aryl methyl sites for hydroxylation is 1. The van der Waals surface area contributed by atoms with Crippen LogP contribution in [-0.4, -0.2) is 50.3 Å². The van der Waals surface area contributed by atoms with Crippen molar-refractivity contribution in [3.05, 3.63) is 46.6 Å². The number of hydrogen-bond acceptors (Lipinski definition) is 6. The number of likely N-dealkylation sites (tertiary alicyclic amines) is 1. The van der Waals surface area contributed by atoms with Gasteiger partial charge in [-0.1, -0.05) is 0 Å².